The minimum absolute atomic E-state index is 0. The second-order valence-electron chi connectivity index (χ2n) is 8.10. The van der Waals surface area contributed by atoms with Gasteiger partial charge in [-0.05, 0) is 31.9 Å². The monoisotopic (exact) mass is 500 g/mol. The fourth-order valence-electron chi connectivity index (χ4n) is 4.25. The van der Waals surface area contributed by atoms with Gasteiger partial charge in [-0.2, -0.15) is 31.7 Å². The Kier molecular flexibility index (Phi) is 8.28. The fraction of sp³-hybridized carbons (Fsp3) is 0.545. The third-order valence-corrected chi connectivity index (χ3v) is 5.90. The van der Waals surface area contributed by atoms with Gasteiger partial charge in [-0.15, -0.1) is 0 Å². The van der Waals surface area contributed by atoms with Crippen LogP contribution in [0, 0.1) is 6.92 Å². The molecule has 188 valence electrons. The number of nitrogens with zero attached hydrogens (tertiary/aromatic N) is 4. The first-order valence-corrected chi connectivity index (χ1v) is 10.2. The van der Waals surface area contributed by atoms with Gasteiger partial charge in [0, 0.05) is 25.4 Å². The van der Waals surface area contributed by atoms with Crippen LogP contribution in [0.25, 0.3) is 0 Å². The number of alkyl halides is 3. The highest BCUT2D eigenvalue weighted by atomic mass is 32.1. The van der Waals surface area contributed by atoms with E-state index in [0.29, 0.717) is 35.9 Å². The van der Waals surface area contributed by atoms with Crippen LogP contribution >= 0.6 is 13.5 Å². The van der Waals surface area contributed by atoms with Crippen molar-refractivity contribution in [1.82, 2.24) is 15.0 Å². The molecular weight excluding hydrogens is 469 g/mol. The van der Waals surface area contributed by atoms with E-state index in [0.717, 1.165) is 37.5 Å². The molecule has 1 aliphatic carbocycles. The minimum atomic E-state index is -4.46. The highest BCUT2D eigenvalue weighted by Crippen LogP contribution is 2.38. The number of hydrogen-bond donors (Lipinski definition) is 2. The summed E-state index contributed by atoms with van der Waals surface area (Å²) in [5.74, 6) is 1.56. The third kappa shape index (κ3) is 5.16. The van der Waals surface area contributed by atoms with Gasteiger partial charge in [0.2, 0.25) is 11.9 Å². The maximum atomic E-state index is 12.6. The zero-order valence-corrected chi connectivity index (χ0v) is 18.2. The highest BCUT2D eigenvalue weighted by Gasteiger charge is 2.39. The first-order valence-electron chi connectivity index (χ1n) is 10.2. The van der Waals surface area contributed by atoms with Crippen LogP contribution in [0.2, 0.25) is 0 Å². The predicted octanol–water partition coefficient (Wildman–Crippen LogP) is 4.53. The average molecular weight is 501 g/mol. The first-order chi connectivity index (χ1) is 14.8. The lowest BCUT2D eigenvalue weighted by Gasteiger charge is -2.36. The topological polar surface area (TPSA) is 92.3 Å². The molecule has 34 heavy (non-hydrogen) atoms. The lowest BCUT2D eigenvalue weighted by molar-refractivity contribution is -0.141. The second-order valence-corrected chi connectivity index (χ2v) is 8.10. The molecule has 0 spiro atoms. The maximum absolute atomic E-state index is 12.6. The van der Waals surface area contributed by atoms with E-state index in [1.54, 1.807) is 0 Å². The summed E-state index contributed by atoms with van der Waals surface area (Å²) in [5, 5.41) is 6.23. The number of anilines is 3. The summed E-state index contributed by atoms with van der Waals surface area (Å²) in [6, 6.07) is 2.12. The Hall–Kier alpha value is -2.76. The van der Waals surface area contributed by atoms with Gasteiger partial charge in [-0.3, -0.25) is 4.79 Å². The molecule has 8 nitrogen and oxygen atoms in total. The molecule has 1 saturated heterocycles. The molecule has 2 fully saturated rings. The number of carbonyl (C=O) groups is 1. The zero-order chi connectivity index (χ0) is 21.8. The molecule has 5 rings (SSSR count). The van der Waals surface area contributed by atoms with E-state index in [1.165, 1.54) is 6.07 Å². The Bertz CT molecular complexity index is 1010. The van der Waals surface area contributed by atoms with Gasteiger partial charge >= 0.3 is 6.18 Å². The standard InChI is InChI=1S/C20H21F3N6O2.2CH4.H2S/c1-10-16-17(29-6-2-3-14(29)18(30)27-16)28-19(25-10)26-11-7-13(8-11)31-12-4-5-15(24-9-12)20(21,22)23;;;/h4-5,9,11,13-14H,2-3,6-8H2,1H3,(H,27,30)(H,25,26,28);2*1H4;1H2/t11?,13?,14-;;;/m0.../s1. The molecule has 0 aromatic carbocycles. The van der Waals surface area contributed by atoms with Crippen LogP contribution in [-0.2, 0) is 11.0 Å². The van der Waals surface area contributed by atoms with Gasteiger partial charge in [0.1, 0.15) is 29.3 Å². The van der Waals surface area contributed by atoms with Crippen LogP contribution in [-0.4, -0.2) is 45.6 Å². The number of ether oxygens (including phenoxy) is 1. The van der Waals surface area contributed by atoms with Crippen LogP contribution in [0.1, 0.15) is 51.9 Å². The molecule has 3 aliphatic rings. The summed E-state index contributed by atoms with van der Waals surface area (Å²) in [5.41, 5.74) is 0.428. The summed E-state index contributed by atoms with van der Waals surface area (Å²) in [6.45, 7) is 2.63. The van der Waals surface area contributed by atoms with Crippen molar-refractivity contribution in [2.75, 3.05) is 22.1 Å². The predicted molar refractivity (Wildman–Crippen MR) is 130 cm³/mol. The van der Waals surface area contributed by atoms with E-state index in [9.17, 15) is 18.0 Å². The number of carbonyl (C=O) groups excluding carboxylic acids is 1. The maximum Gasteiger partial charge on any atom is 0.433 e. The Labute approximate surface area is 204 Å². The Balaban J connectivity index is 0.00000136. The Morgan fingerprint density at radius 2 is 1.94 bits per heavy atom. The van der Waals surface area contributed by atoms with E-state index in [2.05, 4.69) is 25.6 Å². The summed E-state index contributed by atoms with van der Waals surface area (Å²) >= 11 is 0. The number of amides is 1. The lowest BCUT2D eigenvalue weighted by atomic mass is 9.89. The molecule has 0 radical (unpaired) electrons. The molecule has 1 atom stereocenters. The van der Waals surface area contributed by atoms with E-state index in [1.807, 2.05) is 11.8 Å². The van der Waals surface area contributed by atoms with E-state index >= 15 is 0 Å². The van der Waals surface area contributed by atoms with Crippen LogP contribution < -0.4 is 20.3 Å². The number of nitrogens with one attached hydrogen (secondary N) is 2. The van der Waals surface area contributed by atoms with Gasteiger partial charge in [0.25, 0.3) is 0 Å². The van der Waals surface area contributed by atoms with Crippen LogP contribution in [0.4, 0.5) is 30.6 Å². The second kappa shape index (κ2) is 10.2. The van der Waals surface area contributed by atoms with Crippen LogP contribution in [0.5, 0.6) is 5.75 Å². The molecule has 2 aromatic heterocycles. The fourth-order valence-corrected chi connectivity index (χ4v) is 4.25. The molecule has 12 heteroatoms. The van der Waals surface area contributed by atoms with Crippen molar-refractivity contribution in [3.05, 3.63) is 29.7 Å². The van der Waals surface area contributed by atoms with Crippen molar-refractivity contribution >= 4 is 36.9 Å². The molecule has 1 amide bonds. The molecular formula is C22H31F3N6O2S. The van der Waals surface area contributed by atoms with Gasteiger partial charge < -0.3 is 20.3 Å². The van der Waals surface area contributed by atoms with Crippen molar-refractivity contribution in [2.24, 2.45) is 0 Å². The van der Waals surface area contributed by atoms with Crippen molar-refractivity contribution in [2.45, 2.75) is 71.8 Å². The van der Waals surface area contributed by atoms with E-state index in [-0.39, 0.29) is 52.4 Å². The number of pyridine rings is 1. The third-order valence-electron chi connectivity index (χ3n) is 5.90. The van der Waals surface area contributed by atoms with Crippen molar-refractivity contribution in [3.8, 4) is 5.75 Å². The zero-order valence-electron chi connectivity index (χ0n) is 17.2. The Morgan fingerprint density at radius 3 is 2.59 bits per heavy atom. The number of hydrogen-bond acceptors (Lipinski definition) is 7. The summed E-state index contributed by atoms with van der Waals surface area (Å²) < 4.78 is 43.5. The van der Waals surface area contributed by atoms with Crippen LogP contribution in [0.15, 0.2) is 18.3 Å². The molecule has 1 saturated carbocycles. The quantitative estimate of drug-likeness (QED) is 0.637. The molecule has 0 unspecified atom stereocenters. The number of halogens is 3. The van der Waals surface area contributed by atoms with Gasteiger partial charge in [-0.1, -0.05) is 14.9 Å². The van der Waals surface area contributed by atoms with Gasteiger partial charge in [0.15, 0.2) is 5.82 Å². The summed E-state index contributed by atoms with van der Waals surface area (Å²) in [4.78, 5) is 26.8. The Morgan fingerprint density at radius 1 is 1.21 bits per heavy atom. The first kappa shape index (κ1) is 27.5. The molecule has 2 aromatic rings. The number of aromatic nitrogens is 3. The number of aryl methyl sites for hydroxylation is 1. The minimum Gasteiger partial charge on any atom is -0.489 e. The summed E-state index contributed by atoms with van der Waals surface area (Å²) in [6.07, 6.45) is -0.374. The van der Waals surface area contributed by atoms with Crippen molar-refractivity contribution in [1.29, 1.82) is 0 Å². The SMILES string of the molecule is C.C.Cc1nc(NC2CC(Oc3ccc(C(F)(F)F)nc3)C2)nc2c1NC(=O)[C@@H]1CCCN21.S. The molecule has 0 bridgehead atoms. The van der Waals surface area contributed by atoms with Crippen LogP contribution in [0.3, 0.4) is 0 Å². The van der Waals surface area contributed by atoms with Gasteiger partial charge in [-0.25, -0.2) is 9.97 Å². The van der Waals surface area contributed by atoms with Crippen molar-refractivity contribution in [3.63, 3.8) is 0 Å². The highest BCUT2D eigenvalue weighted by molar-refractivity contribution is 7.59. The molecule has 2 aliphatic heterocycles. The largest absolute Gasteiger partial charge is 0.489 e. The van der Waals surface area contributed by atoms with E-state index in [4.69, 9.17) is 4.74 Å². The lowest BCUT2D eigenvalue weighted by Crippen LogP contribution is -2.45. The normalized spacial score (nSPS) is 22.5. The number of fused-ring (bicyclic) bond motifs is 3. The smallest absolute Gasteiger partial charge is 0.433 e. The summed E-state index contributed by atoms with van der Waals surface area (Å²) in [7, 11) is 0. The molecule has 2 N–H and O–H groups in total. The number of rotatable bonds is 4. The average Bonchev–Trinajstić information content (AvgIpc) is 3.18. The molecule has 4 heterocycles. The van der Waals surface area contributed by atoms with Crippen molar-refractivity contribution < 1.29 is 22.7 Å². The van der Waals surface area contributed by atoms with E-state index < -0.39 is 11.9 Å². The van der Waals surface area contributed by atoms with Gasteiger partial charge in [0.05, 0.1) is 11.9 Å².